The van der Waals surface area contributed by atoms with Crippen LogP contribution >= 0.6 is 0 Å². The maximum atomic E-state index is 13.5. The molecule has 0 spiro atoms. The summed E-state index contributed by atoms with van der Waals surface area (Å²) in [5, 5.41) is 10.3. The Hall–Kier alpha value is -1.00. The Morgan fingerprint density at radius 1 is 1.24 bits per heavy atom. The standard InChI is InChI=1S/C13H17F2NO/c14-11-2-1-3-12(15)10(11)8-13(17)6-4-9(16)5-7-13/h1-3,9,17H,4-8,16H2. The average molecular weight is 241 g/mol. The van der Waals surface area contributed by atoms with Gasteiger partial charge < -0.3 is 10.8 Å². The summed E-state index contributed by atoms with van der Waals surface area (Å²) in [6.07, 6.45) is 2.43. The molecule has 0 aromatic heterocycles. The summed E-state index contributed by atoms with van der Waals surface area (Å²) in [7, 11) is 0. The molecule has 1 aliphatic rings. The van der Waals surface area contributed by atoms with Crippen LogP contribution in [0.2, 0.25) is 0 Å². The molecule has 1 aromatic carbocycles. The van der Waals surface area contributed by atoms with Gasteiger partial charge in [0.15, 0.2) is 0 Å². The number of benzene rings is 1. The lowest BCUT2D eigenvalue weighted by Gasteiger charge is -2.35. The SMILES string of the molecule is NC1CCC(O)(Cc2c(F)cccc2F)CC1. The maximum Gasteiger partial charge on any atom is 0.129 e. The molecule has 0 radical (unpaired) electrons. The molecular formula is C13H17F2NO. The minimum Gasteiger partial charge on any atom is -0.390 e. The van der Waals surface area contributed by atoms with E-state index in [0.29, 0.717) is 25.7 Å². The van der Waals surface area contributed by atoms with Gasteiger partial charge in [-0.15, -0.1) is 0 Å². The van der Waals surface area contributed by atoms with Gasteiger partial charge >= 0.3 is 0 Å². The minimum atomic E-state index is -1.01. The number of rotatable bonds is 2. The third-order valence-corrected chi connectivity index (χ3v) is 3.53. The third-order valence-electron chi connectivity index (χ3n) is 3.53. The van der Waals surface area contributed by atoms with Crippen molar-refractivity contribution in [3.63, 3.8) is 0 Å². The van der Waals surface area contributed by atoms with Crippen LogP contribution in [0.1, 0.15) is 31.2 Å². The van der Waals surface area contributed by atoms with Crippen molar-refractivity contribution in [1.82, 2.24) is 0 Å². The second-order valence-electron chi connectivity index (χ2n) is 4.94. The van der Waals surface area contributed by atoms with Crippen molar-refractivity contribution in [2.45, 2.75) is 43.7 Å². The maximum absolute atomic E-state index is 13.5. The Balaban J connectivity index is 2.15. The largest absolute Gasteiger partial charge is 0.390 e. The lowest BCUT2D eigenvalue weighted by atomic mass is 9.78. The summed E-state index contributed by atoms with van der Waals surface area (Å²) in [5.41, 5.74) is 4.71. The fourth-order valence-corrected chi connectivity index (χ4v) is 2.38. The molecule has 17 heavy (non-hydrogen) atoms. The van der Waals surface area contributed by atoms with Crippen LogP contribution in [0.3, 0.4) is 0 Å². The fourth-order valence-electron chi connectivity index (χ4n) is 2.38. The molecular weight excluding hydrogens is 224 g/mol. The molecule has 2 nitrogen and oxygen atoms in total. The quantitative estimate of drug-likeness (QED) is 0.833. The van der Waals surface area contributed by atoms with Crippen molar-refractivity contribution in [3.05, 3.63) is 35.4 Å². The number of halogens is 2. The summed E-state index contributed by atoms with van der Waals surface area (Å²) in [6, 6.07) is 3.86. The monoisotopic (exact) mass is 241 g/mol. The van der Waals surface area contributed by atoms with E-state index in [1.54, 1.807) is 0 Å². The average Bonchev–Trinajstić information content (AvgIpc) is 2.29. The molecule has 0 saturated heterocycles. The second kappa shape index (κ2) is 4.70. The van der Waals surface area contributed by atoms with Crippen molar-refractivity contribution >= 4 is 0 Å². The van der Waals surface area contributed by atoms with Gasteiger partial charge in [-0.2, -0.15) is 0 Å². The third kappa shape index (κ3) is 2.82. The van der Waals surface area contributed by atoms with Crippen molar-refractivity contribution in [2.24, 2.45) is 5.73 Å². The van der Waals surface area contributed by atoms with Crippen LogP contribution in [-0.4, -0.2) is 16.7 Å². The van der Waals surface area contributed by atoms with Crippen LogP contribution in [0.15, 0.2) is 18.2 Å². The Morgan fingerprint density at radius 3 is 2.29 bits per heavy atom. The smallest absolute Gasteiger partial charge is 0.129 e. The molecule has 1 saturated carbocycles. The topological polar surface area (TPSA) is 46.2 Å². The zero-order valence-corrected chi connectivity index (χ0v) is 9.63. The first kappa shape index (κ1) is 12.5. The molecule has 0 unspecified atom stereocenters. The Labute approximate surface area is 99.4 Å². The summed E-state index contributed by atoms with van der Waals surface area (Å²) in [4.78, 5) is 0. The lowest BCUT2D eigenvalue weighted by Crippen LogP contribution is -2.40. The number of aliphatic hydroxyl groups is 1. The van der Waals surface area contributed by atoms with E-state index in [0.717, 1.165) is 0 Å². The van der Waals surface area contributed by atoms with E-state index >= 15 is 0 Å². The van der Waals surface area contributed by atoms with Gasteiger partial charge in [-0.1, -0.05) is 6.07 Å². The van der Waals surface area contributed by atoms with E-state index < -0.39 is 17.2 Å². The summed E-state index contributed by atoms with van der Waals surface area (Å²) in [5.74, 6) is -1.18. The second-order valence-corrected chi connectivity index (χ2v) is 4.94. The normalized spacial score (nSPS) is 29.3. The van der Waals surface area contributed by atoms with Crippen molar-refractivity contribution in [1.29, 1.82) is 0 Å². The van der Waals surface area contributed by atoms with E-state index in [4.69, 9.17) is 5.73 Å². The molecule has 0 aliphatic heterocycles. The zero-order chi connectivity index (χ0) is 12.5. The molecule has 0 bridgehead atoms. The van der Waals surface area contributed by atoms with Gasteiger partial charge in [-0.25, -0.2) is 8.78 Å². The molecule has 1 aliphatic carbocycles. The number of hydrogen-bond acceptors (Lipinski definition) is 2. The van der Waals surface area contributed by atoms with Gasteiger partial charge in [0.1, 0.15) is 11.6 Å². The Kier molecular flexibility index (Phi) is 3.45. The molecule has 0 atom stereocenters. The van der Waals surface area contributed by atoms with E-state index in [-0.39, 0.29) is 18.0 Å². The van der Waals surface area contributed by atoms with Crippen LogP contribution < -0.4 is 5.73 Å². The highest BCUT2D eigenvalue weighted by molar-refractivity contribution is 5.22. The minimum absolute atomic E-state index is 0.0227. The molecule has 0 amide bonds. The van der Waals surface area contributed by atoms with Gasteiger partial charge in [0.2, 0.25) is 0 Å². The van der Waals surface area contributed by atoms with Crippen LogP contribution in [0.4, 0.5) is 8.78 Å². The highest BCUT2D eigenvalue weighted by atomic mass is 19.1. The van der Waals surface area contributed by atoms with Gasteiger partial charge in [0.05, 0.1) is 5.60 Å². The van der Waals surface area contributed by atoms with E-state index in [1.165, 1.54) is 18.2 Å². The van der Waals surface area contributed by atoms with Crippen LogP contribution in [0, 0.1) is 11.6 Å². The van der Waals surface area contributed by atoms with Gasteiger partial charge in [-0.05, 0) is 37.8 Å². The molecule has 1 aromatic rings. The first-order valence-corrected chi connectivity index (χ1v) is 5.91. The molecule has 2 rings (SSSR count). The van der Waals surface area contributed by atoms with E-state index in [2.05, 4.69) is 0 Å². The zero-order valence-electron chi connectivity index (χ0n) is 9.63. The number of hydrogen-bond donors (Lipinski definition) is 2. The van der Waals surface area contributed by atoms with Gasteiger partial charge in [0, 0.05) is 18.0 Å². The van der Waals surface area contributed by atoms with E-state index in [1.807, 2.05) is 0 Å². The van der Waals surface area contributed by atoms with Crippen LogP contribution in [0.5, 0.6) is 0 Å². The highest BCUT2D eigenvalue weighted by Crippen LogP contribution is 2.32. The molecule has 3 N–H and O–H groups in total. The summed E-state index contributed by atoms with van der Waals surface area (Å²) in [6.45, 7) is 0. The van der Waals surface area contributed by atoms with Crippen molar-refractivity contribution in [3.8, 4) is 0 Å². The summed E-state index contributed by atoms with van der Waals surface area (Å²) >= 11 is 0. The van der Waals surface area contributed by atoms with Gasteiger partial charge in [-0.3, -0.25) is 0 Å². The fraction of sp³-hybridized carbons (Fsp3) is 0.538. The van der Waals surface area contributed by atoms with Crippen molar-refractivity contribution in [2.75, 3.05) is 0 Å². The Bertz CT molecular complexity index is 380. The first-order chi connectivity index (χ1) is 8.00. The molecule has 4 heteroatoms. The number of nitrogens with two attached hydrogens (primary N) is 1. The molecule has 0 heterocycles. The van der Waals surface area contributed by atoms with Crippen LogP contribution in [0.25, 0.3) is 0 Å². The highest BCUT2D eigenvalue weighted by Gasteiger charge is 2.33. The van der Waals surface area contributed by atoms with Crippen LogP contribution in [-0.2, 0) is 6.42 Å². The van der Waals surface area contributed by atoms with Crippen molar-refractivity contribution < 1.29 is 13.9 Å². The summed E-state index contributed by atoms with van der Waals surface area (Å²) < 4.78 is 27.0. The predicted molar refractivity (Wildman–Crippen MR) is 61.5 cm³/mol. The predicted octanol–water partition coefficient (Wildman–Crippen LogP) is 2.14. The first-order valence-electron chi connectivity index (χ1n) is 5.91. The lowest BCUT2D eigenvalue weighted by molar-refractivity contribution is -0.00118. The van der Waals surface area contributed by atoms with Gasteiger partial charge in [0.25, 0.3) is 0 Å². The Morgan fingerprint density at radius 2 is 1.76 bits per heavy atom. The molecule has 1 fully saturated rings. The van der Waals surface area contributed by atoms with E-state index in [9.17, 15) is 13.9 Å². The molecule has 94 valence electrons.